The lowest BCUT2D eigenvalue weighted by molar-refractivity contribution is 0.480. The summed E-state index contributed by atoms with van der Waals surface area (Å²) in [5, 5.41) is 0.686. The third kappa shape index (κ3) is 3.35. The van der Waals surface area contributed by atoms with Crippen molar-refractivity contribution in [1.82, 2.24) is 15.0 Å². The molecule has 0 aliphatic carbocycles. The van der Waals surface area contributed by atoms with Gasteiger partial charge in [-0.3, -0.25) is 0 Å². The predicted octanol–water partition coefficient (Wildman–Crippen LogP) is 6.25. The zero-order chi connectivity index (χ0) is 23.6. The van der Waals surface area contributed by atoms with Gasteiger partial charge >= 0.3 is 0 Å². The normalized spacial score (nSPS) is 15.9. The number of fused-ring (bicyclic) bond motifs is 3. The van der Waals surface area contributed by atoms with Crippen molar-refractivity contribution < 1.29 is 17.6 Å². The van der Waals surface area contributed by atoms with Gasteiger partial charge in [0.05, 0.1) is 16.4 Å². The number of benzene rings is 2. The Hall–Kier alpha value is -3.13. The first-order valence-electron chi connectivity index (χ1n) is 10.4. The van der Waals surface area contributed by atoms with Crippen LogP contribution in [0.15, 0.2) is 24.3 Å². The zero-order valence-corrected chi connectivity index (χ0v) is 18.8. The van der Waals surface area contributed by atoms with E-state index in [0.717, 1.165) is 5.56 Å². The average molecular weight is 475 g/mol. The summed E-state index contributed by atoms with van der Waals surface area (Å²) in [4.78, 5) is 13.5. The Balaban J connectivity index is 1.78. The molecule has 170 valence electrons. The Morgan fingerprint density at radius 2 is 1.67 bits per heavy atom. The van der Waals surface area contributed by atoms with Crippen molar-refractivity contribution in [1.29, 1.82) is 0 Å². The molecule has 0 bridgehead atoms. The quantitative estimate of drug-likeness (QED) is 0.349. The molecule has 3 heterocycles. The maximum absolute atomic E-state index is 15.2. The molecule has 1 atom stereocenters. The van der Waals surface area contributed by atoms with E-state index in [-0.39, 0.29) is 33.5 Å². The fourth-order valence-electron chi connectivity index (χ4n) is 4.51. The summed E-state index contributed by atoms with van der Waals surface area (Å²) in [6.07, 6.45) is 0.489. The van der Waals surface area contributed by atoms with E-state index in [1.807, 2.05) is 0 Å². The van der Waals surface area contributed by atoms with Crippen LogP contribution in [0.4, 0.5) is 23.5 Å². The van der Waals surface area contributed by atoms with E-state index in [2.05, 4.69) is 15.0 Å². The Kier molecular flexibility index (Phi) is 5.08. The number of halogens is 5. The molecular weight excluding hydrogens is 456 g/mol. The summed E-state index contributed by atoms with van der Waals surface area (Å²) < 4.78 is 58.2. The van der Waals surface area contributed by atoms with E-state index < -0.39 is 29.3 Å². The second kappa shape index (κ2) is 7.73. The first-order valence-corrected chi connectivity index (χ1v) is 10.8. The maximum atomic E-state index is 15.2. The molecule has 4 aromatic rings. The first-order chi connectivity index (χ1) is 15.7. The number of aromatic amines is 1. The third-order valence-electron chi connectivity index (χ3n) is 6.20. The summed E-state index contributed by atoms with van der Waals surface area (Å²) in [6.45, 7) is 4.88. The highest BCUT2D eigenvalue weighted by Crippen LogP contribution is 2.42. The lowest BCUT2D eigenvalue weighted by atomic mass is 9.91. The van der Waals surface area contributed by atoms with E-state index in [0.29, 0.717) is 29.6 Å². The molecule has 1 aliphatic heterocycles. The van der Waals surface area contributed by atoms with E-state index in [4.69, 9.17) is 11.6 Å². The van der Waals surface area contributed by atoms with Gasteiger partial charge in [0.25, 0.3) is 0 Å². The lowest BCUT2D eigenvalue weighted by Gasteiger charge is -2.36. The van der Waals surface area contributed by atoms with Crippen LogP contribution in [0.2, 0.25) is 5.02 Å². The number of aryl methyl sites for hydroxylation is 3. The van der Waals surface area contributed by atoms with Crippen LogP contribution < -0.4 is 4.90 Å². The number of nitrogens with one attached hydrogen (secondary N) is 1. The number of rotatable bonds is 2. The highest BCUT2D eigenvalue weighted by molar-refractivity contribution is 6.31. The van der Waals surface area contributed by atoms with Gasteiger partial charge < -0.3 is 9.88 Å². The smallest absolute Gasteiger partial charge is 0.226 e. The fraction of sp³-hybridized carbons (Fsp3) is 0.250. The monoisotopic (exact) mass is 474 g/mol. The van der Waals surface area contributed by atoms with Crippen LogP contribution in [0, 0.1) is 44.0 Å². The van der Waals surface area contributed by atoms with Crippen LogP contribution in [0.25, 0.3) is 10.9 Å². The van der Waals surface area contributed by atoms with E-state index in [9.17, 15) is 13.2 Å². The van der Waals surface area contributed by atoms with Crippen LogP contribution in [-0.2, 0) is 6.42 Å². The molecule has 2 aromatic heterocycles. The van der Waals surface area contributed by atoms with Crippen molar-refractivity contribution in [3.05, 3.63) is 86.3 Å². The molecule has 2 aromatic carbocycles. The minimum absolute atomic E-state index is 0.0241. The molecule has 4 nitrogen and oxygen atoms in total. The molecular formula is C24H19ClF4N4. The first kappa shape index (κ1) is 21.7. The third-order valence-corrected chi connectivity index (χ3v) is 6.48. The zero-order valence-electron chi connectivity index (χ0n) is 18.0. The SMILES string of the molecule is Cc1ccc(C2c3[nH]c4cc(F)c(Cl)cc4c3CCN2c2nc(C)c(F)c(C)n2)c(F)c1F. The van der Waals surface area contributed by atoms with Gasteiger partial charge in [-0.2, -0.15) is 0 Å². The number of hydrogen-bond acceptors (Lipinski definition) is 3. The molecule has 0 amide bonds. The van der Waals surface area contributed by atoms with E-state index in [1.54, 1.807) is 4.90 Å². The number of hydrogen-bond donors (Lipinski definition) is 1. The Bertz CT molecular complexity index is 1410. The average Bonchev–Trinajstić information content (AvgIpc) is 3.13. The van der Waals surface area contributed by atoms with E-state index in [1.165, 1.54) is 45.0 Å². The standard InChI is InChI=1S/C24H19ClF4N4/c1-10-4-5-14(21(29)19(10)27)23-22-13(15-8-16(25)17(26)9-18(15)32-22)6-7-33(23)24-30-11(2)20(28)12(3)31-24/h4-5,8-9,23,32H,6-7H2,1-3H3. The predicted molar refractivity (Wildman–Crippen MR) is 119 cm³/mol. The van der Waals surface area contributed by atoms with Gasteiger partial charge in [0, 0.05) is 28.7 Å². The van der Waals surface area contributed by atoms with Crippen LogP contribution in [0.5, 0.6) is 0 Å². The molecule has 1 aliphatic rings. The summed E-state index contributed by atoms with van der Waals surface area (Å²) in [5.74, 6) is -2.84. The fourth-order valence-corrected chi connectivity index (χ4v) is 4.67. The topological polar surface area (TPSA) is 44.8 Å². The van der Waals surface area contributed by atoms with Crippen molar-refractivity contribution in [2.24, 2.45) is 0 Å². The largest absolute Gasteiger partial charge is 0.356 e. The second-order valence-electron chi connectivity index (χ2n) is 8.28. The molecule has 33 heavy (non-hydrogen) atoms. The maximum Gasteiger partial charge on any atom is 0.226 e. The lowest BCUT2D eigenvalue weighted by Crippen LogP contribution is -2.38. The number of anilines is 1. The van der Waals surface area contributed by atoms with E-state index >= 15 is 4.39 Å². The van der Waals surface area contributed by atoms with Gasteiger partial charge in [0.2, 0.25) is 5.95 Å². The van der Waals surface area contributed by atoms with Crippen LogP contribution in [0.3, 0.4) is 0 Å². The molecule has 0 spiro atoms. The molecule has 1 unspecified atom stereocenters. The minimum Gasteiger partial charge on any atom is -0.356 e. The Labute approximate surface area is 192 Å². The summed E-state index contributed by atoms with van der Waals surface area (Å²) >= 11 is 6.01. The van der Waals surface area contributed by atoms with Gasteiger partial charge in [-0.15, -0.1) is 0 Å². The highest BCUT2D eigenvalue weighted by atomic mass is 35.5. The van der Waals surface area contributed by atoms with Crippen LogP contribution in [-0.4, -0.2) is 21.5 Å². The number of nitrogens with zero attached hydrogens (tertiary/aromatic N) is 3. The number of aromatic nitrogens is 3. The second-order valence-corrected chi connectivity index (χ2v) is 8.69. The molecule has 0 fully saturated rings. The minimum atomic E-state index is -0.990. The van der Waals surface area contributed by atoms with Gasteiger partial charge in [-0.05, 0) is 50.5 Å². The molecule has 0 saturated heterocycles. The molecule has 5 rings (SSSR count). The summed E-state index contributed by atoms with van der Waals surface area (Å²) in [6, 6.07) is 4.99. The molecule has 0 radical (unpaired) electrons. The molecule has 9 heteroatoms. The summed E-state index contributed by atoms with van der Waals surface area (Å²) in [5.41, 5.74) is 2.43. The van der Waals surface area contributed by atoms with Crippen molar-refractivity contribution >= 4 is 28.5 Å². The Morgan fingerprint density at radius 3 is 2.36 bits per heavy atom. The van der Waals surface area contributed by atoms with Crippen LogP contribution >= 0.6 is 11.6 Å². The van der Waals surface area contributed by atoms with Crippen LogP contribution in [0.1, 0.15) is 39.8 Å². The summed E-state index contributed by atoms with van der Waals surface area (Å²) in [7, 11) is 0. The Morgan fingerprint density at radius 1 is 0.970 bits per heavy atom. The van der Waals surface area contributed by atoms with Gasteiger partial charge in [0.1, 0.15) is 11.9 Å². The van der Waals surface area contributed by atoms with Crippen molar-refractivity contribution in [3.63, 3.8) is 0 Å². The van der Waals surface area contributed by atoms with Gasteiger partial charge in [0.15, 0.2) is 17.5 Å². The molecule has 0 saturated carbocycles. The van der Waals surface area contributed by atoms with Crippen molar-refractivity contribution in [2.45, 2.75) is 33.2 Å². The van der Waals surface area contributed by atoms with Gasteiger partial charge in [-0.25, -0.2) is 27.5 Å². The molecule has 1 N–H and O–H groups in total. The van der Waals surface area contributed by atoms with Gasteiger partial charge in [-0.1, -0.05) is 23.7 Å². The highest BCUT2D eigenvalue weighted by Gasteiger charge is 2.36. The van der Waals surface area contributed by atoms with Crippen molar-refractivity contribution in [2.75, 3.05) is 11.4 Å². The number of H-pyrrole nitrogens is 1. The van der Waals surface area contributed by atoms with Crippen molar-refractivity contribution in [3.8, 4) is 0 Å².